The molecule has 0 radical (unpaired) electrons. The topological polar surface area (TPSA) is 18.5 Å². The Morgan fingerprint density at radius 1 is 1.00 bits per heavy atom. The number of hydrogen-bond donors (Lipinski definition) is 0. The minimum Gasteiger partial charge on any atom is -0.488 e. The number of methoxy groups -OCH3 is 1. The summed E-state index contributed by atoms with van der Waals surface area (Å²) in [6.07, 6.45) is -5.39. The minimum absolute atomic E-state index is 0.398. The van der Waals surface area contributed by atoms with Gasteiger partial charge in [0.05, 0.1) is 6.42 Å². The van der Waals surface area contributed by atoms with Crippen LogP contribution in [0.1, 0.15) is 39.7 Å². The molecule has 0 saturated heterocycles. The molecule has 0 aliphatic carbocycles. The van der Waals surface area contributed by atoms with E-state index >= 15 is 0 Å². The van der Waals surface area contributed by atoms with E-state index in [1.165, 1.54) is 14.0 Å². The predicted octanol–water partition coefficient (Wildman–Crippen LogP) is 4.68. The second kappa shape index (κ2) is 5.64. The van der Waals surface area contributed by atoms with Gasteiger partial charge in [0.15, 0.2) is 0 Å². The lowest BCUT2D eigenvalue weighted by Crippen LogP contribution is -2.33. The molecule has 114 valence electrons. The summed E-state index contributed by atoms with van der Waals surface area (Å²) in [5.74, 6) is 0.411. The molecule has 0 bridgehead atoms. The molecule has 1 atom stereocenters. The first kappa shape index (κ1) is 16.8. The normalized spacial score (nSPS) is 15.8. The number of halogens is 3. The third kappa shape index (κ3) is 4.71. The van der Waals surface area contributed by atoms with Crippen molar-refractivity contribution < 1.29 is 22.6 Å². The Bertz CT molecular complexity index is 449. The van der Waals surface area contributed by atoms with Crippen LogP contribution in [-0.2, 0) is 10.3 Å². The average molecular weight is 290 g/mol. The highest BCUT2D eigenvalue weighted by Gasteiger charge is 2.42. The van der Waals surface area contributed by atoms with Crippen LogP contribution in [0.15, 0.2) is 24.3 Å². The third-order valence-electron chi connectivity index (χ3n) is 2.86. The Balaban J connectivity index is 3.22. The first-order chi connectivity index (χ1) is 8.97. The number of rotatable bonds is 4. The summed E-state index contributed by atoms with van der Waals surface area (Å²) in [4.78, 5) is 0. The number of ether oxygens (including phenoxy) is 2. The molecule has 1 aromatic rings. The Hall–Kier alpha value is -1.23. The Morgan fingerprint density at radius 3 is 2.00 bits per heavy atom. The summed E-state index contributed by atoms with van der Waals surface area (Å²) in [5, 5.41) is 0. The highest BCUT2D eigenvalue weighted by atomic mass is 19.4. The summed E-state index contributed by atoms with van der Waals surface area (Å²) in [6, 6.07) is 6.68. The van der Waals surface area contributed by atoms with Crippen molar-refractivity contribution >= 4 is 0 Å². The van der Waals surface area contributed by atoms with Gasteiger partial charge in [0.1, 0.15) is 17.0 Å². The Kier molecular flexibility index (Phi) is 4.74. The molecule has 0 N–H and O–H groups in total. The first-order valence-electron chi connectivity index (χ1n) is 6.37. The van der Waals surface area contributed by atoms with Crippen LogP contribution in [0.4, 0.5) is 13.2 Å². The van der Waals surface area contributed by atoms with Crippen LogP contribution >= 0.6 is 0 Å². The van der Waals surface area contributed by atoms with Crippen LogP contribution in [0.2, 0.25) is 0 Å². The van der Waals surface area contributed by atoms with Crippen molar-refractivity contribution in [2.24, 2.45) is 0 Å². The van der Waals surface area contributed by atoms with E-state index < -0.39 is 23.8 Å². The van der Waals surface area contributed by atoms with Gasteiger partial charge in [0.25, 0.3) is 0 Å². The van der Waals surface area contributed by atoms with E-state index in [0.717, 1.165) is 0 Å². The van der Waals surface area contributed by atoms with Gasteiger partial charge in [-0.3, -0.25) is 0 Å². The SMILES string of the molecule is COC(C)(CC(F)(F)F)c1ccccc1OC(C)(C)C. The molecule has 0 heterocycles. The van der Waals surface area contributed by atoms with Gasteiger partial charge in [0.2, 0.25) is 0 Å². The van der Waals surface area contributed by atoms with Gasteiger partial charge in [-0.15, -0.1) is 0 Å². The van der Waals surface area contributed by atoms with E-state index in [1.54, 1.807) is 24.3 Å². The molecule has 0 aromatic heterocycles. The van der Waals surface area contributed by atoms with Crippen molar-refractivity contribution in [1.82, 2.24) is 0 Å². The summed E-state index contributed by atoms with van der Waals surface area (Å²) < 4.78 is 49.2. The average Bonchev–Trinajstić information content (AvgIpc) is 2.25. The fraction of sp³-hybridized carbons (Fsp3) is 0.600. The molecule has 0 aliphatic heterocycles. The van der Waals surface area contributed by atoms with Crippen molar-refractivity contribution in [3.05, 3.63) is 29.8 Å². The molecule has 0 amide bonds. The molecule has 0 saturated carbocycles. The minimum atomic E-state index is -4.32. The molecule has 0 aliphatic rings. The van der Waals surface area contributed by atoms with E-state index in [1.807, 2.05) is 20.8 Å². The Labute approximate surface area is 117 Å². The Morgan fingerprint density at radius 2 is 1.55 bits per heavy atom. The van der Waals surface area contributed by atoms with Crippen molar-refractivity contribution in [2.45, 2.75) is 51.5 Å². The van der Waals surface area contributed by atoms with E-state index in [0.29, 0.717) is 11.3 Å². The quantitative estimate of drug-likeness (QED) is 0.801. The summed E-state index contributed by atoms with van der Waals surface area (Å²) in [7, 11) is 1.28. The fourth-order valence-corrected chi connectivity index (χ4v) is 1.98. The van der Waals surface area contributed by atoms with Gasteiger partial charge in [-0.2, -0.15) is 13.2 Å². The molecule has 20 heavy (non-hydrogen) atoms. The van der Waals surface area contributed by atoms with Crippen molar-refractivity contribution in [3.63, 3.8) is 0 Å². The largest absolute Gasteiger partial charge is 0.488 e. The van der Waals surface area contributed by atoms with Crippen LogP contribution in [0.25, 0.3) is 0 Å². The van der Waals surface area contributed by atoms with Crippen LogP contribution in [0, 0.1) is 0 Å². The zero-order valence-corrected chi connectivity index (χ0v) is 12.5. The molecule has 2 nitrogen and oxygen atoms in total. The molecule has 0 spiro atoms. The van der Waals surface area contributed by atoms with Crippen LogP contribution in [0.3, 0.4) is 0 Å². The maximum atomic E-state index is 12.8. The number of alkyl halides is 3. The molecule has 1 unspecified atom stereocenters. The van der Waals surface area contributed by atoms with Crippen molar-refractivity contribution in [3.8, 4) is 5.75 Å². The monoisotopic (exact) mass is 290 g/mol. The number of benzene rings is 1. The van der Waals surface area contributed by atoms with Gasteiger partial charge in [-0.25, -0.2) is 0 Å². The lowest BCUT2D eigenvalue weighted by molar-refractivity contribution is -0.182. The third-order valence-corrected chi connectivity index (χ3v) is 2.86. The van der Waals surface area contributed by atoms with E-state index in [2.05, 4.69) is 0 Å². The molecule has 1 aromatic carbocycles. The smallest absolute Gasteiger partial charge is 0.392 e. The van der Waals surface area contributed by atoms with E-state index in [9.17, 15) is 13.2 Å². The van der Waals surface area contributed by atoms with Gasteiger partial charge in [-0.1, -0.05) is 18.2 Å². The fourth-order valence-electron chi connectivity index (χ4n) is 1.98. The summed E-state index contributed by atoms with van der Waals surface area (Å²) in [6.45, 7) is 6.96. The van der Waals surface area contributed by atoms with Gasteiger partial charge in [0, 0.05) is 12.7 Å². The van der Waals surface area contributed by atoms with Crippen LogP contribution < -0.4 is 4.74 Å². The molecular formula is C15H21F3O2. The van der Waals surface area contributed by atoms with E-state index in [-0.39, 0.29) is 0 Å². The van der Waals surface area contributed by atoms with Gasteiger partial charge < -0.3 is 9.47 Å². The molecule has 1 rings (SSSR count). The number of hydrogen-bond acceptors (Lipinski definition) is 2. The molecule has 5 heteroatoms. The predicted molar refractivity (Wildman–Crippen MR) is 71.9 cm³/mol. The first-order valence-corrected chi connectivity index (χ1v) is 6.37. The zero-order valence-electron chi connectivity index (χ0n) is 12.5. The summed E-state index contributed by atoms with van der Waals surface area (Å²) in [5.41, 5.74) is -1.57. The van der Waals surface area contributed by atoms with Gasteiger partial charge in [-0.05, 0) is 33.8 Å². The van der Waals surface area contributed by atoms with Crippen molar-refractivity contribution in [2.75, 3.05) is 7.11 Å². The highest BCUT2D eigenvalue weighted by molar-refractivity contribution is 5.38. The zero-order chi connectivity index (χ0) is 15.6. The second-order valence-corrected chi connectivity index (χ2v) is 5.94. The standard InChI is InChI=1S/C15H21F3O2/c1-13(2,3)20-12-9-7-6-8-11(12)14(4,19-5)10-15(16,17)18/h6-9H,10H2,1-5H3. The molecular weight excluding hydrogens is 269 g/mol. The van der Waals surface area contributed by atoms with E-state index in [4.69, 9.17) is 9.47 Å². The lowest BCUT2D eigenvalue weighted by atomic mass is 9.91. The van der Waals surface area contributed by atoms with Gasteiger partial charge >= 0.3 is 6.18 Å². The second-order valence-electron chi connectivity index (χ2n) is 5.94. The number of para-hydroxylation sites is 1. The van der Waals surface area contributed by atoms with Crippen LogP contribution in [-0.4, -0.2) is 18.9 Å². The maximum Gasteiger partial charge on any atom is 0.392 e. The highest BCUT2D eigenvalue weighted by Crippen LogP contribution is 2.41. The summed E-state index contributed by atoms with van der Waals surface area (Å²) >= 11 is 0. The molecule has 0 fully saturated rings. The lowest BCUT2D eigenvalue weighted by Gasteiger charge is -2.33. The van der Waals surface area contributed by atoms with Crippen LogP contribution in [0.5, 0.6) is 5.75 Å². The van der Waals surface area contributed by atoms with Crippen molar-refractivity contribution in [1.29, 1.82) is 0 Å². The maximum absolute atomic E-state index is 12.8.